The van der Waals surface area contributed by atoms with Crippen molar-refractivity contribution in [3.05, 3.63) is 28.8 Å². The monoisotopic (exact) mass is 292 g/mol. The number of carbonyl (C=O) groups is 2. The molecular weight excluding hydrogens is 268 g/mol. The molecule has 0 saturated carbocycles. The average Bonchev–Trinajstić information content (AvgIpc) is 2.40. The molecule has 0 aliphatic heterocycles. The Morgan fingerprint density at radius 1 is 1.14 bits per heavy atom. The second kappa shape index (κ2) is 7.81. The van der Waals surface area contributed by atoms with Crippen LogP contribution in [0, 0.1) is 13.8 Å². The molecule has 0 amide bonds. The molecule has 1 rings (SSSR count). The number of benzene rings is 1. The summed E-state index contributed by atoms with van der Waals surface area (Å²) in [7, 11) is 1.35. The van der Waals surface area contributed by atoms with Gasteiger partial charge in [-0.15, -0.1) is 0 Å². The minimum atomic E-state index is -0.290. The van der Waals surface area contributed by atoms with Crippen LogP contribution in [0.4, 0.5) is 0 Å². The first-order valence-corrected chi connectivity index (χ1v) is 7.23. The number of ether oxygens (including phenoxy) is 2. The third kappa shape index (κ3) is 5.21. The molecule has 0 aliphatic rings. The fraction of sp³-hybridized carbons (Fsp3) is 0.529. The molecule has 1 aromatic rings. The van der Waals surface area contributed by atoms with Gasteiger partial charge in [0.25, 0.3) is 0 Å². The van der Waals surface area contributed by atoms with E-state index in [0.717, 1.165) is 11.1 Å². The second-order valence-electron chi connectivity index (χ2n) is 5.48. The summed E-state index contributed by atoms with van der Waals surface area (Å²) < 4.78 is 10.4. The minimum absolute atomic E-state index is 0.00125. The topological polar surface area (TPSA) is 52.6 Å². The van der Waals surface area contributed by atoms with Gasteiger partial charge in [-0.3, -0.25) is 9.59 Å². The first-order chi connectivity index (χ1) is 9.85. The van der Waals surface area contributed by atoms with Gasteiger partial charge in [-0.05, 0) is 51.3 Å². The summed E-state index contributed by atoms with van der Waals surface area (Å²) in [5.41, 5.74) is 2.59. The highest BCUT2D eigenvalue weighted by molar-refractivity contribution is 5.99. The van der Waals surface area contributed by atoms with Gasteiger partial charge in [-0.25, -0.2) is 0 Å². The van der Waals surface area contributed by atoms with Crippen molar-refractivity contribution in [1.29, 1.82) is 0 Å². The molecule has 0 spiro atoms. The van der Waals surface area contributed by atoms with Gasteiger partial charge >= 0.3 is 5.97 Å². The molecule has 4 nitrogen and oxygen atoms in total. The molecule has 0 fully saturated rings. The first-order valence-electron chi connectivity index (χ1n) is 7.23. The molecule has 0 saturated heterocycles. The Labute approximate surface area is 126 Å². The van der Waals surface area contributed by atoms with E-state index in [1.165, 1.54) is 7.11 Å². The lowest BCUT2D eigenvalue weighted by Crippen LogP contribution is -2.12. The van der Waals surface area contributed by atoms with E-state index in [9.17, 15) is 9.59 Å². The fourth-order valence-electron chi connectivity index (χ4n) is 2.18. The molecule has 0 N–H and O–H groups in total. The van der Waals surface area contributed by atoms with E-state index >= 15 is 0 Å². The highest BCUT2D eigenvalue weighted by Gasteiger charge is 2.17. The molecule has 1 aromatic carbocycles. The van der Waals surface area contributed by atoms with Crippen LogP contribution in [0.2, 0.25) is 0 Å². The van der Waals surface area contributed by atoms with E-state index in [-0.39, 0.29) is 24.3 Å². The van der Waals surface area contributed by atoms with Crippen molar-refractivity contribution in [2.45, 2.75) is 53.1 Å². The summed E-state index contributed by atoms with van der Waals surface area (Å²) in [5.74, 6) is 0.363. The Kier molecular flexibility index (Phi) is 6.40. The fourth-order valence-corrected chi connectivity index (χ4v) is 2.18. The number of Topliss-reactive ketones (excluding diaryl/α,β-unsaturated/α-hetero) is 1. The minimum Gasteiger partial charge on any atom is -0.490 e. The van der Waals surface area contributed by atoms with Gasteiger partial charge < -0.3 is 9.47 Å². The summed E-state index contributed by atoms with van der Waals surface area (Å²) in [6.45, 7) is 7.77. The Hall–Kier alpha value is -1.84. The van der Waals surface area contributed by atoms with Crippen molar-refractivity contribution in [3.63, 3.8) is 0 Å². The Morgan fingerprint density at radius 2 is 1.81 bits per heavy atom. The molecule has 0 atom stereocenters. The lowest BCUT2D eigenvalue weighted by molar-refractivity contribution is -0.140. The van der Waals surface area contributed by atoms with E-state index in [2.05, 4.69) is 4.74 Å². The summed E-state index contributed by atoms with van der Waals surface area (Å²) in [5, 5.41) is 0. The number of aryl methyl sites for hydroxylation is 2. The SMILES string of the molecule is COC(=O)CCCC(=O)c1cc(C)cc(C)c1OC(C)C. The smallest absolute Gasteiger partial charge is 0.305 e. The third-order valence-electron chi connectivity index (χ3n) is 3.09. The van der Waals surface area contributed by atoms with Crippen LogP contribution >= 0.6 is 0 Å². The molecule has 4 heteroatoms. The number of hydrogen-bond acceptors (Lipinski definition) is 4. The van der Waals surface area contributed by atoms with Crippen LogP contribution in [-0.4, -0.2) is 25.0 Å². The number of methoxy groups -OCH3 is 1. The molecule has 0 aromatic heterocycles. The highest BCUT2D eigenvalue weighted by atomic mass is 16.5. The zero-order valence-corrected chi connectivity index (χ0v) is 13.5. The van der Waals surface area contributed by atoms with Gasteiger partial charge in [0.15, 0.2) is 5.78 Å². The largest absolute Gasteiger partial charge is 0.490 e. The van der Waals surface area contributed by atoms with Crippen LogP contribution in [-0.2, 0) is 9.53 Å². The van der Waals surface area contributed by atoms with Crippen molar-refractivity contribution in [2.75, 3.05) is 7.11 Å². The third-order valence-corrected chi connectivity index (χ3v) is 3.09. The summed E-state index contributed by atoms with van der Waals surface area (Å²) >= 11 is 0. The van der Waals surface area contributed by atoms with Crippen LogP contribution < -0.4 is 4.74 Å². The summed E-state index contributed by atoms with van der Waals surface area (Å²) in [6.07, 6.45) is 1.06. The molecule has 0 aliphatic carbocycles. The maximum Gasteiger partial charge on any atom is 0.305 e. The second-order valence-corrected chi connectivity index (χ2v) is 5.48. The lowest BCUT2D eigenvalue weighted by Gasteiger charge is -2.17. The number of ketones is 1. The van der Waals surface area contributed by atoms with Gasteiger partial charge in [0.1, 0.15) is 5.75 Å². The first kappa shape index (κ1) is 17.2. The highest BCUT2D eigenvalue weighted by Crippen LogP contribution is 2.28. The zero-order chi connectivity index (χ0) is 16.0. The van der Waals surface area contributed by atoms with Crippen LogP contribution in [0.15, 0.2) is 12.1 Å². The predicted molar refractivity (Wildman–Crippen MR) is 81.9 cm³/mol. The maximum absolute atomic E-state index is 12.4. The Bertz CT molecular complexity index is 518. The van der Waals surface area contributed by atoms with E-state index in [4.69, 9.17) is 4.74 Å². The average molecular weight is 292 g/mol. The molecule has 0 bridgehead atoms. The molecular formula is C17H24O4. The number of esters is 1. The van der Waals surface area contributed by atoms with Crippen LogP contribution in [0.25, 0.3) is 0 Å². The lowest BCUT2D eigenvalue weighted by atomic mass is 9.99. The van der Waals surface area contributed by atoms with Gasteiger partial charge in [-0.1, -0.05) is 6.07 Å². The molecule has 0 heterocycles. The van der Waals surface area contributed by atoms with E-state index in [0.29, 0.717) is 24.2 Å². The molecule has 0 unspecified atom stereocenters. The van der Waals surface area contributed by atoms with Crippen LogP contribution in [0.3, 0.4) is 0 Å². The quantitative estimate of drug-likeness (QED) is 0.569. The van der Waals surface area contributed by atoms with Gasteiger partial charge in [0, 0.05) is 12.8 Å². The Balaban J connectivity index is 2.89. The van der Waals surface area contributed by atoms with Gasteiger partial charge in [0.2, 0.25) is 0 Å². The maximum atomic E-state index is 12.4. The summed E-state index contributed by atoms with van der Waals surface area (Å²) in [6, 6.07) is 3.86. The normalized spacial score (nSPS) is 10.6. The zero-order valence-electron chi connectivity index (χ0n) is 13.5. The Morgan fingerprint density at radius 3 is 2.38 bits per heavy atom. The predicted octanol–water partition coefficient (Wildman–Crippen LogP) is 3.62. The van der Waals surface area contributed by atoms with Crippen molar-refractivity contribution in [3.8, 4) is 5.75 Å². The number of carbonyl (C=O) groups excluding carboxylic acids is 2. The molecule has 21 heavy (non-hydrogen) atoms. The van der Waals surface area contributed by atoms with E-state index < -0.39 is 0 Å². The van der Waals surface area contributed by atoms with Gasteiger partial charge in [-0.2, -0.15) is 0 Å². The van der Waals surface area contributed by atoms with Crippen molar-refractivity contribution >= 4 is 11.8 Å². The standard InChI is InChI=1S/C17H24O4/c1-11(2)21-17-13(4)9-12(3)10-14(17)15(18)7-6-8-16(19)20-5/h9-11H,6-8H2,1-5H3. The molecule has 0 radical (unpaired) electrons. The van der Waals surface area contributed by atoms with Crippen LogP contribution in [0.5, 0.6) is 5.75 Å². The molecule has 116 valence electrons. The van der Waals surface area contributed by atoms with Crippen LogP contribution in [0.1, 0.15) is 54.6 Å². The van der Waals surface area contributed by atoms with Crippen molar-refractivity contribution in [1.82, 2.24) is 0 Å². The van der Waals surface area contributed by atoms with Gasteiger partial charge in [0.05, 0.1) is 18.8 Å². The summed E-state index contributed by atoms with van der Waals surface area (Å²) in [4.78, 5) is 23.5. The van der Waals surface area contributed by atoms with Crippen molar-refractivity contribution < 1.29 is 19.1 Å². The number of hydrogen-bond donors (Lipinski definition) is 0. The number of rotatable bonds is 7. The van der Waals surface area contributed by atoms with E-state index in [1.807, 2.05) is 39.8 Å². The van der Waals surface area contributed by atoms with Crippen molar-refractivity contribution in [2.24, 2.45) is 0 Å². The van der Waals surface area contributed by atoms with E-state index in [1.54, 1.807) is 0 Å².